The minimum atomic E-state index is 0.720. The molecule has 4 heterocycles. The first-order valence-electron chi connectivity index (χ1n) is 27.5. The molecular formula is C74H46N6. The molecule has 0 spiro atoms. The zero-order chi connectivity index (χ0) is 52.4. The second-order valence-corrected chi connectivity index (χ2v) is 21.1. The van der Waals surface area contributed by atoms with E-state index in [0.29, 0.717) is 0 Å². The van der Waals surface area contributed by atoms with Crippen LogP contribution in [0.25, 0.3) is 122 Å². The molecule has 6 nitrogen and oxygen atoms in total. The summed E-state index contributed by atoms with van der Waals surface area (Å²) in [5, 5.41) is 11.4. The van der Waals surface area contributed by atoms with Gasteiger partial charge in [0.15, 0.2) is 11.3 Å². The van der Waals surface area contributed by atoms with E-state index in [1.54, 1.807) is 0 Å². The van der Waals surface area contributed by atoms with E-state index >= 15 is 0 Å². The SMILES string of the molecule is C1=c2c(N(c3ccccc3)c3ccccc3)ccc3c2=C(CC1)c1nc2nc(-c4c5ccccc5c(-c5ccc6cc7c(nc6n5)-c5cccc6c(N(c8ccccc8)c8ccccc8)ccc-7c56)c5ccccc45)ccc2cc1-3. The molecule has 0 saturated heterocycles. The molecule has 372 valence electrons. The molecule has 10 aromatic carbocycles. The Bertz CT molecular complexity index is 4930. The fourth-order valence-corrected chi connectivity index (χ4v) is 13.4. The number of fused-ring (bicyclic) bond motifs is 10. The van der Waals surface area contributed by atoms with E-state index in [-0.39, 0.29) is 0 Å². The van der Waals surface area contributed by atoms with Crippen molar-refractivity contribution in [2.75, 3.05) is 9.80 Å². The van der Waals surface area contributed by atoms with Gasteiger partial charge in [0, 0.05) is 77.3 Å². The summed E-state index contributed by atoms with van der Waals surface area (Å²) in [7, 11) is 0. The van der Waals surface area contributed by atoms with Crippen molar-refractivity contribution in [2.24, 2.45) is 0 Å². The Morgan fingerprint density at radius 2 is 0.775 bits per heavy atom. The molecule has 6 heteroatoms. The maximum Gasteiger partial charge on any atom is 0.160 e. The summed E-state index contributed by atoms with van der Waals surface area (Å²) >= 11 is 0. The van der Waals surface area contributed by atoms with Crippen molar-refractivity contribution in [3.63, 3.8) is 0 Å². The molecule has 4 aromatic heterocycles. The zero-order valence-electron chi connectivity index (χ0n) is 43.3. The molecule has 3 aliphatic rings. The summed E-state index contributed by atoms with van der Waals surface area (Å²) in [5.41, 5.74) is 21.3. The molecule has 0 saturated carbocycles. The van der Waals surface area contributed by atoms with Crippen LogP contribution in [-0.4, -0.2) is 19.9 Å². The van der Waals surface area contributed by atoms with E-state index in [0.717, 1.165) is 130 Å². The van der Waals surface area contributed by atoms with Gasteiger partial charge in [0.1, 0.15) is 0 Å². The quantitative estimate of drug-likeness (QED) is 0.141. The molecule has 0 aliphatic heterocycles. The van der Waals surface area contributed by atoms with Gasteiger partial charge in [0.2, 0.25) is 0 Å². The summed E-state index contributed by atoms with van der Waals surface area (Å²) in [6, 6.07) is 89.2. The van der Waals surface area contributed by atoms with Crippen LogP contribution in [0.15, 0.2) is 249 Å². The molecule has 0 atom stereocenters. The van der Waals surface area contributed by atoms with Crippen molar-refractivity contribution >= 4 is 100 Å². The summed E-state index contributed by atoms with van der Waals surface area (Å²) in [4.78, 5) is 26.7. The lowest BCUT2D eigenvalue weighted by atomic mass is 9.88. The van der Waals surface area contributed by atoms with Gasteiger partial charge in [-0.1, -0.05) is 158 Å². The monoisotopic (exact) mass is 1020 g/mol. The summed E-state index contributed by atoms with van der Waals surface area (Å²) < 4.78 is 0. The first-order valence-corrected chi connectivity index (χ1v) is 27.5. The van der Waals surface area contributed by atoms with Crippen molar-refractivity contribution in [1.29, 1.82) is 0 Å². The average molecular weight is 1020 g/mol. The molecule has 80 heavy (non-hydrogen) atoms. The summed E-state index contributed by atoms with van der Waals surface area (Å²) in [5.74, 6) is 0. The first-order chi connectivity index (χ1) is 39.7. The van der Waals surface area contributed by atoms with Gasteiger partial charge < -0.3 is 9.80 Å². The van der Waals surface area contributed by atoms with Gasteiger partial charge in [-0.05, 0) is 153 Å². The molecule has 0 radical (unpaired) electrons. The lowest BCUT2D eigenvalue weighted by Gasteiger charge is -2.27. The normalized spacial score (nSPS) is 12.7. The van der Waals surface area contributed by atoms with Gasteiger partial charge in [-0.3, -0.25) is 0 Å². The lowest BCUT2D eigenvalue weighted by Crippen LogP contribution is -2.34. The molecule has 14 aromatic rings. The summed E-state index contributed by atoms with van der Waals surface area (Å²) in [6.07, 6.45) is 4.29. The van der Waals surface area contributed by atoms with Crippen LogP contribution >= 0.6 is 0 Å². The van der Waals surface area contributed by atoms with E-state index in [4.69, 9.17) is 19.9 Å². The van der Waals surface area contributed by atoms with Crippen LogP contribution in [0.3, 0.4) is 0 Å². The third-order valence-corrected chi connectivity index (χ3v) is 16.7. The molecule has 0 fully saturated rings. The van der Waals surface area contributed by atoms with Gasteiger partial charge in [0.25, 0.3) is 0 Å². The fraction of sp³-hybridized carbons (Fsp3) is 0.0270. The molecular weight excluding hydrogens is 973 g/mol. The zero-order valence-corrected chi connectivity index (χ0v) is 43.3. The largest absolute Gasteiger partial charge is 0.310 e. The molecule has 0 amide bonds. The van der Waals surface area contributed by atoms with Crippen molar-refractivity contribution in [3.05, 3.63) is 265 Å². The third-order valence-electron chi connectivity index (χ3n) is 16.7. The maximum absolute atomic E-state index is 5.52. The Morgan fingerprint density at radius 3 is 1.31 bits per heavy atom. The minimum absolute atomic E-state index is 0.720. The first kappa shape index (κ1) is 44.6. The number of benzene rings is 10. The standard InChI is InChI=1S/C74H46N6/c1-5-19-47(20-6-1)79(48-21-7-2-8-22-48)65-41-37-55-61-43-45-35-39-63(75-73(45)77-71(61)59-33-17-31-57(65)67(55)59)69-51-27-13-15-29-53(51)70(54-30-16-14-28-52(54)69)64-40-36-46-44-62-56-38-42-66(58-32-18-34-60(68(56)58)72(62)78-74(46)76-64)80(49-23-9-3-10-24-49)50-25-11-4-12-26-50/h1-17,19-33,35-44H,18,34H2. The lowest BCUT2D eigenvalue weighted by molar-refractivity contribution is 1.07. The van der Waals surface area contributed by atoms with Crippen LogP contribution in [-0.2, 0) is 0 Å². The number of nitrogens with zero attached hydrogens (tertiary/aromatic N) is 6. The van der Waals surface area contributed by atoms with Crippen molar-refractivity contribution in [1.82, 2.24) is 19.9 Å². The number of anilines is 6. The predicted octanol–water partition coefficient (Wildman–Crippen LogP) is 17.7. The number of hydrogen-bond acceptors (Lipinski definition) is 6. The highest BCUT2D eigenvalue weighted by Crippen LogP contribution is 2.52. The molecule has 3 aliphatic carbocycles. The van der Waals surface area contributed by atoms with E-state index in [9.17, 15) is 0 Å². The Morgan fingerprint density at radius 1 is 0.325 bits per heavy atom. The van der Waals surface area contributed by atoms with Crippen LogP contribution in [0.4, 0.5) is 34.1 Å². The van der Waals surface area contributed by atoms with E-state index in [1.165, 1.54) is 49.2 Å². The minimum Gasteiger partial charge on any atom is -0.310 e. The number of rotatable bonds is 8. The Kier molecular flexibility index (Phi) is 9.74. The van der Waals surface area contributed by atoms with Gasteiger partial charge in [-0.25, -0.2) is 19.9 Å². The number of pyridine rings is 4. The highest BCUT2D eigenvalue weighted by Gasteiger charge is 2.30. The molecule has 0 bridgehead atoms. The predicted molar refractivity (Wildman–Crippen MR) is 331 cm³/mol. The Hall–Kier alpha value is -10.6. The maximum atomic E-state index is 5.52. The van der Waals surface area contributed by atoms with E-state index in [2.05, 4.69) is 265 Å². The Balaban J connectivity index is 0.782. The summed E-state index contributed by atoms with van der Waals surface area (Å²) in [6.45, 7) is 0. The fourth-order valence-electron chi connectivity index (χ4n) is 13.4. The van der Waals surface area contributed by atoms with Crippen LogP contribution in [0.5, 0.6) is 0 Å². The molecule has 17 rings (SSSR count). The molecule has 0 N–H and O–H groups in total. The number of aromatic nitrogens is 4. The highest BCUT2D eigenvalue weighted by molar-refractivity contribution is 6.22. The number of para-hydroxylation sites is 4. The van der Waals surface area contributed by atoms with Crippen LogP contribution < -0.4 is 20.2 Å². The second kappa shape index (κ2) is 17.5. The van der Waals surface area contributed by atoms with Gasteiger partial charge in [-0.2, -0.15) is 0 Å². The molecule has 0 unspecified atom stereocenters. The van der Waals surface area contributed by atoms with Crippen molar-refractivity contribution < 1.29 is 0 Å². The topological polar surface area (TPSA) is 58.0 Å². The van der Waals surface area contributed by atoms with Crippen molar-refractivity contribution in [2.45, 2.75) is 12.8 Å². The average Bonchev–Trinajstić information content (AvgIpc) is 4.18. The smallest absolute Gasteiger partial charge is 0.160 e. The Labute approximate surface area is 461 Å². The van der Waals surface area contributed by atoms with Gasteiger partial charge >= 0.3 is 0 Å². The van der Waals surface area contributed by atoms with Crippen LogP contribution in [0, 0.1) is 0 Å². The third kappa shape index (κ3) is 6.66. The highest BCUT2D eigenvalue weighted by atomic mass is 15.1. The number of hydrogen-bond donors (Lipinski definition) is 0. The van der Waals surface area contributed by atoms with Crippen LogP contribution in [0.2, 0.25) is 0 Å². The van der Waals surface area contributed by atoms with Gasteiger partial charge in [0.05, 0.1) is 34.2 Å². The van der Waals surface area contributed by atoms with E-state index in [1.807, 2.05) is 0 Å². The van der Waals surface area contributed by atoms with Gasteiger partial charge in [-0.15, -0.1) is 0 Å². The van der Waals surface area contributed by atoms with Crippen molar-refractivity contribution in [3.8, 4) is 56.0 Å². The van der Waals surface area contributed by atoms with Crippen LogP contribution in [0.1, 0.15) is 18.5 Å². The van der Waals surface area contributed by atoms with E-state index < -0.39 is 0 Å². The second-order valence-electron chi connectivity index (χ2n) is 21.1.